The average Bonchev–Trinajstić information content (AvgIpc) is 2.16. The zero-order valence-corrected chi connectivity index (χ0v) is 9.14. The lowest BCUT2D eigenvalue weighted by Gasteiger charge is -2.20. The van der Waals surface area contributed by atoms with Gasteiger partial charge in [-0.05, 0) is 12.1 Å². The monoisotopic (exact) mass is 270 g/mol. The fourth-order valence-electron chi connectivity index (χ4n) is 1.07. The topological polar surface area (TPSA) is 57.5 Å². The molecule has 0 aliphatic rings. The van der Waals surface area contributed by atoms with E-state index in [1.54, 1.807) is 0 Å². The van der Waals surface area contributed by atoms with E-state index in [1.165, 1.54) is 18.2 Å². The number of rotatable bonds is 3. The van der Waals surface area contributed by atoms with Crippen LogP contribution in [0.2, 0.25) is 10.0 Å². The molecule has 2 N–H and O–H groups in total. The van der Waals surface area contributed by atoms with Crippen molar-refractivity contribution in [2.75, 3.05) is 0 Å². The van der Waals surface area contributed by atoms with Gasteiger partial charge in [-0.25, -0.2) is 4.79 Å². The Morgan fingerprint density at radius 1 is 1.31 bits per heavy atom. The van der Waals surface area contributed by atoms with E-state index >= 15 is 0 Å². The van der Waals surface area contributed by atoms with Crippen molar-refractivity contribution in [2.45, 2.75) is 12.0 Å². The first kappa shape index (κ1) is 13.2. The fourth-order valence-corrected chi connectivity index (χ4v) is 1.67. The maximum atomic E-state index is 13.0. The molecule has 0 spiro atoms. The van der Waals surface area contributed by atoms with Crippen molar-refractivity contribution in [3.8, 4) is 0 Å². The number of benzene rings is 1. The molecule has 0 saturated carbocycles. The molecule has 0 fully saturated rings. The van der Waals surface area contributed by atoms with Gasteiger partial charge in [-0.15, -0.1) is 0 Å². The molecular formula is C9H6Cl2F2O3. The van der Waals surface area contributed by atoms with E-state index in [1.807, 2.05) is 0 Å². The molecule has 0 radical (unpaired) electrons. The van der Waals surface area contributed by atoms with Crippen LogP contribution in [0.4, 0.5) is 8.78 Å². The lowest BCUT2D eigenvalue weighted by atomic mass is 10.0. The summed E-state index contributed by atoms with van der Waals surface area (Å²) in [5, 5.41) is 17.1. The average molecular weight is 271 g/mol. The van der Waals surface area contributed by atoms with Crippen molar-refractivity contribution >= 4 is 29.2 Å². The van der Waals surface area contributed by atoms with Crippen molar-refractivity contribution in [3.05, 3.63) is 33.8 Å². The molecule has 7 heteroatoms. The molecule has 1 rings (SSSR count). The van der Waals surface area contributed by atoms with Crippen molar-refractivity contribution in [3.63, 3.8) is 0 Å². The number of aliphatic hydroxyl groups excluding tert-OH is 1. The number of aliphatic carboxylic acids is 1. The Balaban J connectivity index is 3.24. The molecule has 0 aromatic heterocycles. The van der Waals surface area contributed by atoms with Crippen LogP contribution in [0.5, 0.6) is 0 Å². The minimum atomic E-state index is -4.35. The molecule has 3 nitrogen and oxygen atoms in total. The molecule has 0 heterocycles. The van der Waals surface area contributed by atoms with Crippen LogP contribution in [0.1, 0.15) is 11.7 Å². The highest BCUT2D eigenvalue weighted by molar-refractivity contribution is 6.36. The predicted molar refractivity (Wildman–Crippen MR) is 54.0 cm³/mol. The summed E-state index contributed by atoms with van der Waals surface area (Å²) in [6.07, 6.45) is -2.59. The summed E-state index contributed by atoms with van der Waals surface area (Å²) in [5.41, 5.74) is -0.502. The standard InChI is InChI=1S/C9H6Cl2F2O3/c10-4-2-1-3-5(11)6(4)7(14)9(12,13)8(15)16/h1-3,7,14H,(H,15,16). The van der Waals surface area contributed by atoms with Crippen LogP contribution in [0.25, 0.3) is 0 Å². The Morgan fingerprint density at radius 2 is 1.75 bits per heavy atom. The second kappa shape index (κ2) is 4.53. The highest BCUT2D eigenvalue weighted by Gasteiger charge is 2.49. The van der Waals surface area contributed by atoms with Crippen LogP contribution in [0.3, 0.4) is 0 Å². The van der Waals surface area contributed by atoms with E-state index in [0.717, 1.165) is 0 Å². The molecule has 1 atom stereocenters. The number of alkyl halides is 2. The zero-order chi connectivity index (χ0) is 12.5. The predicted octanol–water partition coefficient (Wildman–Crippen LogP) is 2.75. The number of halogens is 4. The third-order valence-electron chi connectivity index (χ3n) is 1.90. The Hall–Kier alpha value is -0.910. The van der Waals surface area contributed by atoms with E-state index in [0.29, 0.717) is 0 Å². The van der Waals surface area contributed by atoms with Gasteiger partial charge in [0.15, 0.2) is 6.10 Å². The first-order valence-electron chi connectivity index (χ1n) is 4.01. The van der Waals surface area contributed by atoms with Gasteiger partial charge in [-0.3, -0.25) is 0 Å². The van der Waals surface area contributed by atoms with Crippen molar-refractivity contribution in [1.29, 1.82) is 0 Å². The summed E-state index contributed by atoms with van der Waals surface area (Å²) in [6, 6.07) is 3.84. The lowest BCUT2D eigenvalue weighted by Crippen LogP contribution is -2.35. The lowest BCUT2D eigenvalue weighted by molar-refractivity contribution is -0.182. The molecule has 1 unspecified atom stereocenters. The second-order valence-corrected chi connectivity index (χ2v) is 3.78. The summed E-state index contributed by atoms with van der Waals surface area (Å²) in [7, 11) is 0. The SMILES string of the molecule is O=C(O)C(F)(F)C(O)c1c(Cl)cccc1Cl. The van der Waals surface area contributed by atoms with Crippen molar-refractivity contribution in [1.82, 2.24) is 0 Å². The molecule has 0 bridgehead atoms. The van der Waals surface area contributed by atoms with Crippen LogP contribution in [-0.2, 0) is 4.79 Å². The van der Waals surface area contributed by atoms with Gasteiger partial charge in [-0.2, -0.15) is 8.78 Å². The van der Waals surface area contributed by atoms with E-state index in [9.17, 15) is 18.7 Å². The first-order chi connectivity index (χ1) is 7.28. The summed E-state index contributed by atoms with van der Waals surface area (Å²) in [6.45, 7) is 0. The number of hydrogen-bond donors (Lipinski definition) is 2. The van der Waals surface area contributed by atoms with Gasteiger partial charge in [0.1, 0.15) is 0 Å². The van der Waals surface area contributed by atoms with Crippen molar-refractivity contribution in [2.24, 2.45) is 0 Å². The summed E-state index contributed by atoms with van der Waals surface area (Å²) in [5.74, 6) is -6.80. The Bertz CT molecular complexity index is 403. The molecular weight excluding hydrogens is 265 g/mol. The number of aliphatic hydroxyl groups is 1. The van der Waals surface area contributed by atoms with Gasteiger partial charge < -0.3 is 10.2 Å². The number of carbonyl (C=O) groups is 1. The van der Waals surface area contributed by atoms with Crippen LogP contribution in [0.15, 0.2) is 18.2 Å². The van der Waals surface area contributed by atoms with E-state index in [-0.39, 0.29) is 10.0 Å². The maximum Gasteiger partial charge on any atom is 0.377 e. The van der Waals surface area contributed by atoms with Gasteiger partial charge in [0.25, 0.3) is 0 Å². The normalized spacial score (nSPS) is 13.6. The Labute approximate surface area is 99.2 Å². The van der Waals surface area contributed by atoms with Gasteiger partial charge in [0, 0.05) is 15.6 Å². The van der Waals surface area contributed by atoms with Crippen LogP contribution in [0, 0.1) is 0 Å². The second-order valence-electron chi connectivity index (χ2n) is 2.97. The van der Waals surface area contributed by atoms with Crippen LogP contribution in [-0.4, -0.2) is 22.1 Å². The molecule has 0 aliphatic heterocycles. The Kier molecular flexibility index (Phi) is 3.72. The smallest absolute Gasteiger partial charge is 0.377 e. The molecule has 0 amide bonds. The highest BCUT2D eigenvalue weighted by Crippen LogP contribution is 2.38. The molecule has 16 heavy (non-hydrogen) atoms. The maximum absolute atomic E-state index is 13.0. The first-order valence-corrected chi connectivity index (χ1v) is 4.77. The Morgan fingerprint density at radius 3 is 2.12 bits per heavy atom. The molecule has 88 valence electrons. The number of carboxylic acids is 1. The number of carboxylic acid groups (broad SMARTS) is 1. The quantitative estimate of drug-likeness (QED) is 0.888. The minimum absolute atomic E-state index is 0.221. The minimum Gasteiger partial charge on any atom is -0.477 e. The van der Waals surface area contributed by atoms with Gasteiger partial charge in [0.2, 0.25) is 0 Å². The van der Waals surface area contributed by atoms with E-state index < -0.39 is 23.6 Å². The highest BCUT2D eigenvalue weighted by atomic mass is 35.5. The molecule has 0 aliphatic carbocycles. The zero-order valence-electron chi connectivity index (χ0n) is 7.62. The third kappa shape index (κ3) is 2.26. The van der Waals surface area contributed by atoms with E-state index in [4.69, 9.17) is 28.3 Å². The summed E-state index contributed by atoms with van der Waals surface area (Å²) in [4.78, 5) is 10.3. The van der Waals surface area contributed by atoms with Gasteiger partial charge >= 0.3 is 11.9 Å². The van der Waals surface area contributed by atoms with E-state index in [2.05, 4.69) is 0 Å². The van der Waals surface area contributed by atoms with Gasteiger partial charge in [-0.1, -0.05) is 29.3 Å². The number of hydrogen-bond acceptors (Lipinski definition) is 2. The van der Waals surface area contributed by atoms with Crippen LogP contribution >= 0.6 is 23.2 Å². The summed E-state index contributed by atoms with van der Waals surface area (Å²) >= 11 is 11.1. The van der Waals surface area contributed by atoms with Crippen molar-refractivity contribution < 1.29 is 23.8 Å². The fraction of sp³-hybridized carbons (Fsp3) is 0.222. The third-order valence-corrected chi connectivity index (χ3v) is 2.56. The van der Waals surface area contributed by atoms with Gasteiger partial charge in [0.05, 0.1) is 0 Å². The largest absolute Gasteiger partial charge is 0.477 e. The molecule has 1 aromatic carbocycles. The summed E-state index contributed by atoms with van der Waals surface area (Å²) < 4.78 is 26.0. The van der Waals surface area contributed by atoms with Crippen LogP contribution < -0.4 is 0 Å². The molecule has 0 saturated heterocycles. The molecule has 1 aromatic rings.